The summed E-state index contributed by atoms with van der Waals surface area (Å²) in [5.74, 6) is 0. The van der Waals surface area contributed by atoms with Crippen molar-refractivity contribution in [2.24, 2.45) is 7.05 Å². The molecule has 0 atom stereocenters. The van der Waals surface area contributed by atoms with Crippen molar-refractivity contribution in [1.82, 2.24) is 0 Å². The summed E-state index contributed by atoms with van der Waals surface area (Å²) >= 11 is 0. The highest BCUT2D eigenvalue weighted by Gasteiger charge is 2.04. The quantitative estimate of drug-likeness (QED) is 0.362. The topological polar surface area (TPSA) is 3.88 Å². The highest BCUT2D eigenvalue weighted by atomic mass is 14.9. The van der Waals surface area contributed by atoms with Crippen molar-refractivity contribution < 1.29 is 4.57 Å². The van der Waals surface area contributed by atoms with Crippen molar-refractivity contribution in [3.05, 3.63) is 90.3 Å². The maximum atomic E-state index is 2.27. The second kappa shape index (κ2) is 5.69. The summed E-state index contributed by atoms with van der Waals surface area (Å²) in [7, 11) is 2.03. The molecule has 0 fully saturated rings. The summed E-state index contributed by atoms with van der Waals surface area (Å²) in [5, 5.41) is 5.16. The predicted molar refractivity (Wildman–Crippen MR) is 98.0 cm³/mol. The van der Waals surface area contributed by atoms with Crippen LogP contribution in [-0.2, 0) is 7.05 Å². The van der Waals surface area contributed by atoms with Crippen LogP contribution in [-0.4, -0.2) is 0 Å². The third-order valence-electron chi connectivity index (χ3n) is 4.26. The molecule has 1 nitrogen and oxygen atoms in total. The molecule has 0 N–H and O–H groups in total. The van der Waals surface area contributed by atoms with Crippen molar-refractivity contribution in [3.63, 3.8) is 0 Å². The number of rotatable bonds is 2. The van der Waals surface area contributed by atoms with Crippen LogP contribution in [0.3, 0.4) is 0 Å². The van der Waals surface area contributed by atoms with E-state index in [9.17, 15) is 0 Å². The second-order valence-corrected chi connectivity index (χ2v) is 5.86. The number of benzene rings is 3. The van der Waals surface area contributed by atoms with Crippen LogP contribution >= 0.6 is 0 Å². The Morgan fingerprint density at radius 2 is 1.26 bits per heavy atom. The lowest BCUT2D eigenvalue weighted by Gasteiger charge is -2.08. The average Bonchev–Trinajstić information content (AvgIpc) is 2.60. The van der Waals surface area contributed by atoms with E-state index in [2.05, 4.69) is 91.3 Å². The zero-order valence-electron chi connectivity index (χ0n) is 13.1. The number of nitrogens with zero attached hydrogens (tertiary/aromatic N) is 1. The molecule has 23 heavy (non-hydrogen) atoms. The molecule has 0 aliphatic heterocycles. The first kappa shape index (κ1) is 13.7. The summed E-state index contributed by atoms with van der Waals surface area (Å²) in [6.07, 6.45) is 8.57. The molecule has 1 heterocycles. The minimum absolute atomic E-state index is 1.21. The van der Waals surface area contributed by atoms with Crippen LogP contribution in [0.25, 0.3) is 33.7 Å². The Kier molecular flexibility index (Phi) is 3.39. The molecule has 1 heteroatoms. The Morgan fingerprint density at radius 1 is 0.696 bits per heavy atom. The summed E-state index contributed by atoms with van der Waals surface area (Å²) in [6.45, 7) is 0. The lowest BCUT2D eigenvalue weighted by Crippen LogP contribution is -2.25. The molecule has 0 aliphatic carbocycles. The van der Waals surface area contributed by atoms with E-state index in [0.717, 1.165) is 0 Å². The lowest BCUT2D eigenvalue weighted by molar-refractivity contribution is -0.671. The maximum absolute atomic E-state index is 2.27. The average molecular weight is 296 g/mol. The molecule has 0 radical (unpaired) electrons. The second-order valence-electron chi connectivity index (χ2n) is 5.86. The predicted octanol–water partition coefficient (Wildman–Crippen LogP) is 4.99. The monoisotopic (exact) mass is 296 g/mol. The Hall–Kier alpha value is -2.93. The van der Waals surface area contributed by atoms with Crippen molar-refractivity contribution in [3.8, 4) is 0 Å². The van der Waals surface area contributed by atoms with E-state index in [1.165, 1.54) is 32.7 Å². The van der Waals surface area contributed by atoms with Crippen molar-refractivity contribution in [2.45, 2.75) is 0 Å². The molecule has 0 aliphatic rings. The third-order valence-corrected chi connectivity index (χ3v) is 4.26. The fourth-order valence-corrected chi connectivity index (χ4v) is 3.03. The Bertz CT molecular complexity index is 957. The van der Waals surface area contributed by atoms with Gasteiger partial charge in [0.15, 0.2) is 12.4 Å². The van der Waals surface area contributed by atoms with E-state index in [-0.39, 0.29) is 0 Å². The van der Waals surface area contributed by atoms with E-state index in [1.54, 1.807) is 0 Å². The normalized spacial score (nSPS) is 11.5. The van der Waals surface area contributed by atoms with Crippen LogP contribution in [0.5, 0.6) is 0 Å². The number of hydrogen-bond acceptors (Lipinski definition) is 0. The molecular formula is C22H18N+. The minimum atomic E-state index is 1.21. The van der Waals surface area contributed by atoms with E-state index in [0.29, 0.717) is 0 Å². The highest BCUT2D eigenvalue weighted by Crippen LogP contribution is 2.29. The summed E-state index contributed by atoms with van der Waals surface area (Å²) in [6, 6.07) is 23.7. The minimum Gasteiger partial charge on any atom is -0.208 e. The fraction of sp³-hybridized carbons (Fsp3) is 0.0455. The van der Waals surface area contributed by atoms with E-state index >= 15 is 0 Å². The van der Waals surface area contributed by atoms with Crippen molar-refractivity contribution >= 4 is 33.7 Å². The summed E-state index contributed by atoms with van der Waals surface area (Å²) in [5.41, 5.74) is 2.49. The van der Waals surface area contributed by atoms with Gasteiger partial charge in [-0.3, -0.25) is 0 Å². The van der Waals surface area contributed by atoms with Gasteiger partial charge in [-0.15, -0.1) is 0 Å². The van der Waals surface area contributed by atoms with E-state index < -0.39 is 0 Å². The number of aromatic nitrogens is 1. The molecule has 0 spiro atoms. The van der Waals surface area contributed by atoms with Crippen LogP contribution in [0.4, 0.5) is 0 Å². The fourth-order valence-electron chi connectivity index (χ4n) is 3.03. The number of pyridine rings is 1. The van der Waals surface area contributed by atoms with Gasteiger partial charge in [-0.1, -0.05) is 60.7 Å². The van der Waals surface area contributed by atoms with Gasteiger partial charge in [-0.05, 0) is 38.7 Å². The van der Waals surface area contributed by atoms with Gasteiger partial charge in [-0.2, -0.15) is 0 Å². The van der Waals surface area contributed by atoms with Gasteiger partial charge in [0.2, 0.25) is 0 Å². The molecule has 4 aromatic rings. The van der Waals surface area contributed by atoms with Gasteiger partial charge in [-0.25, -0.2) is 4.57 Å². The molecule has 3 aromatic carbocycles. The molecule has 0 saturated carbocycles. The van der Waals surface area contributed by atoms with Crippen molar-refractivity contribution in [1.29, 1.82) is 0 Å². The molecule has 0 amide bonds. The lowest BCUT2D eigenvalue weighted by atomic mass is 9.96. The van der Waals surface area contributed by atoms with E-state index in [1.807, 2.05) is 11.6 Å². The first-order valence-electron chi connectivity index (χ1n) is 7.85. The molecule has 0 bridgehead atoms. The van der Waals surface area contributed by atoms with E-state index in [4.69, 9.17) is 0 Å². The summed E-state index contributed by atoms with van der Waals surface area (Å²) in [4.78, 5) is 0. The smallest absolute Gasteiger partial charge is 0.169 e. The Balaban J connectivity index is 1.93. The van der Waals surface area contributed by atoms with Crippen LogP contribution in [0, 0.1) is 0 Å². The van der Waals surface area contributed by atoms with Gasteiger partial charge < -0.3 is 0 Å². The first-order chi connectivity index (χ1) is 11.3. The van der Waals surface area contributed by atoms with Crippen LogP contribution < -0.4 is 4.57 Å². The van der Waals surface area contributed by atoms with Gasteiger partial charge in [0.25, 0.3) is 0 Å². The number of aryl methyl sites for hydroxylation is 1. The summed E-state index contributed by atoms with van der Waals surface area (Å²) < 4.78 is 2.05. The van der Waals surface area contributed by atoms with Crippen LogP contribution in [0.1, 0.15) is 11.1 Å². The highest BCUT2D eigenvalue weighted by molar-refractivity contribution is 6.07. The van der Waals surface area contributed by atoms with Gasteiger partial charge >= 0.3 is 0 Å². The molecule has 0 unspecified atom stereocenters. The Morgan fingerprint density at radius 3 is 1.87 bits per heavy atom. The number of fused-ring (bicyclic) bond motifs is 2. The third kappa shape index (κ3) is 2.62. The zero-order valence-corrected chi connectivity index (χ0v) is 13.1. The van der Waals surface area contributed by atoms with Crippen molar-refractivity contribution in [2.75, 3.05) is 0 Å². The number of hydrogen-bond donors (Lipinski definition) is 0. The molecule has 4 rings (SSSR count). The Labute approximate surface area is 136 Å². The van der Waals surface area contributed by atoms with Gasteiger partial charge in [0.05, 0.1) is 0 Å². The standard InChI is InChI=1S/C22H18N/c1-23-14-12-17(13-15-23)10-11-22-20-8-4-2-6-18(20)16-19-7-3-5-9-21(19)22/h2-16H,1H3/q+1/b11-10+. The largest absolute Gasteiger partial charge is 0.208 e. The first-order valence-corrected chi connectivity index (χ1v) is 7.85. The molecule has 1 aromatic heterocycles. The van der Waals surface area contributed by atoms with Gasteiger partial charge in [0.1, 0.15) is 7.05 Å². The van der Waals surface area contributed by atoms with Gasteiger partial charge in [0, 0.05) is 12.1 Å². The van der Waals surface area contributed by atoms with Crippen LogP contribution in [0.15, 0.2) is 79.1 Å². The molecule has 110 valence electrons. The molecule has 0 saturated heterocycles. The molecular weight excluding hydrogens is 278 g/mol. The van der Waals surface area contributed by atoms with Crippen LogP contribution in [0.2, 0.25) is 0 Å². The zero-order chi connectivity index (χ0) is 15.6. The maximum Gasteiger partial charge on any atom is 0.169 e. The SMILES string of the molecule is C[n+]1ccc(/C=C/c2c3ccccc3cc3ccccc23)cc1.